The minimum Gasteiger partial charge on any atom is -0.353 e. The minimum atomic E-state index is 0. The van der Waals surface area contributed by atoms with Gasteiger partial charge >= 0.3 is 0 Å². The van der Waals surface area contributed by atoms with E-state index in [1.807, 2.05) is 0 Å². The van der Waals surface area contributed by atoms with Crippen LogP contribution in [0.15, 0.2) is 0 Å². The van der Waals surface area contributed by atoms with Crippen molar-refractivity contribution in [3.63, 3.8) is 0 Å². The molecule has 1 heterocycles. The van der Waals surface area contributed by atoms with E-state index in [0.717, 1.165) is 24.9 Å². The summed E-state index contributed by atoms with van der Waals surface area (Å²) in [7, 11) is 0. The molecule has 0 aromatic heterocycles. The third-order valence-electron chi connectivity index (χ3n) is 3.11. The maximum Gasteiger partial charge on any atom is 0.220 e. The fraction of sp³-hybridized carbons (Fsp3) is 0.909. The average molecular weight is 233 g/mol. The number of nitrogens with one attached hydrogen (secondary N) is 2. The quantitative estimate of drug-likeness (QED) is 0.751. The molecule has 0 bridgehead atoms. The van der Waals surface area contributed by atoms with Crippen LogP contribution in [0.25, 0.3) is 0 Å². The zero-order chi connectivity index (χ0) is 10.3. The lowest BCUT2D eigenvalue weighted by Gasteiger charge is -2.17. The predicted molar refractivity (Wildman–Crippen MR) is 63.1 cm³/mol. The molecule has 1 amide bonds. The van der Waals surface area contributed by atoms with Gasteiger partial charge in [-0.25, -0.2) is 0 Å². The van der Waals surface area contributed by atoms with Gasteiger partial charge in [0.2, 0.25) is 5.91 Å². The van der Waals surface area contributed by atoms with Crippen molar-refractivity contribution in [1.82, 2.24) is 10.6 Å². The molecule has 1 saturated heterocycles. The number of hydrogen-bond acceptors (Lipinski definition) is 2. The van der Waals surface area contributed by atoms with E-state index in [2.05, 4.69) is 31.4 Å². The van der Waals surface area contributed by atoms with Crippen molar-refractivity contribution in [3.8, 4) is 0 Å². The number of carbonyl (C=O) groups excluding carboxylic acids is 1. The van der Waals surface area contributed by atoms with Gasteiger partial charge in [0, 0.05) is 25.6 Å². The number of hydrogen-bond donors (Lipinski definition) is 2. The molecule has 2 aliphatic rings. The van der Waals surface area contributed by atoms with E-state index in [1.54, 1.807) is 0 Å². The molecule has 2 N–H and O–H groups in total. The van der Waals surface area contributed by atoms with Crippen molar-refractivity contribution in [1.29, 1.82) is 0 Å². The van der Waals surface area contributed by atoms with Crippen LogP contribution in [0.2, 0.25) is 0 Å². The van der Waals surface area contributed by atoms with Crippen LogP contribution < -0.4 is 10.6 Å². The summed E-state index contributed by atoms with van der Waals surface area (Å²) in [6, 6.07) is 0.478. The van der Waals surface area contributed by atoms with Gasteiger partial charge in [-0.1, -0.05) is 20.8 Å². The van der Waals surface area contributed by atoms with Crippen LogP contribution in [0.3, 0.4) is 0 Å². The maximum absolute atomic E-state index is 11.6. The standard InChI is InChI=1S/C11H20N2O.ClH/c1-11(2,3)4-9(14)13-10-7-5-12-6-8(7)10;/h7-8,10,12H,4-6H2,1-3H3,(H,13,14);1H/t7-,8+,10?;. The van der Waals surface area contributed by atoms with E-state index in [0.29, 0.717) is 12.5 Å². The molecule has 2 fully saturated rings. The lowest BCUT2D eigenvalue weighted by molar-refractivity contribution is -0.123. The Bertz CT molecular complexity index is 239. The average Bonchev–Trinajstić information content (AvgIpc) is 2.50. The summed E-state index contributed by atoms with van der Waals surface area (Å²) in [5, 5.41) is 6.46. The summed E-state index contributed by atoms with van der Waals surface area (Å²) in [6.45, 7) is 8.47. The van der Waals surface area contributed by atoms with Gasteiger partial charge in [-0.2, -0.15) is 0 Å². The van der Waals surface area contributed by atoms with Gasteiger partial charge in [0.15, 0.2) is 0 Å². The highest BCUT2D eigenvalue weighted by Gasteiger charge is 2.53. The lowest BCUT2D eigenvalue weighted by Crippen LogP contribution is -2.34. The molecule has 2 rings (SSSR count). The molecule has 1 aliphatic heterocycles. The van der Waals surface area contributed by atoms with Gasteiger partial charge in [-0.05, 0) is 17.3 Å². The number of halogens is 1. The lowest BCUT2D eigenvalue weighted by atomic mass is 9.92. The molecule has 0 aromatic carbocycles. The normalized spacial score (nSPS) is 32.9. The number of carbonyl (C=O) groups is 1. The van der Waals surface area contributed by atoms with Crippen LogP contribution in [0.4, 0.5) is 0 Å². The van der Waals surface area contributed by atoms with Crippen molar-refractivity contribution in [3.05, 3.63) is 0 Å². The first kappa shape index (κ1) is 12.8. The van der Waals surface area contributed by atoms with E-state index in [1.165, 1.54) is 0 Å². The molecule has 1 unspecified atom stereocenters. The van der Waals surface area contributed by atoms with Gasteiger partial charge < -0.3 is 10.6 Å². The highest BCUT2D eigenvalue weighted by atomic mass is 35.5. The first-order chi connectivity index (χ1) is 6.47. The Hall–Kier alpha value is -0.280. The molecule has 1 saturated carbocycles. The Kier molecular flexibility index (Phi) is 3.67. The monoisotopic (exact) mass is 232 g/mol. The van der Waals surface area contributed by atoms with E-state index in [-0.39, 0.29) is 23.7 Å². The molecule has 0 radical (unpaired) electrons. The van der Waals surface area contributed by atoms with Crippen LogP contribution in [-0.2, 0) is 4.79 Å². The number of piperidine rings is 1. The van der Waals surface area contributed by atoms with Gasteiger partial charge in [-0.3, -0.25) is 4.79 Å². The van der Waals surface area contributed by atoms with Gasteiger partial charge in [0.25, 0.3) is 0 Å². The zero-order valence-corrected chi connectivity index (χ0v) is 10.5. The molecule has 4 heteroatoms. The van der Waals surface area contributed by atoms with Crippen LogP contribution in [0.1, 0.15) is 27.2 Å². The molecular formula is C11H21ClN2O. The number of amides is 1. The fourth-order valence-electron chi connectivity index (χ4n) is 2.35. The molecule has 0 aromatic rings. The number of fused-ring (bicyclic) bond motifs is 1. The molecule has 15 heavy (non-hydrogen) atoms. The van der Waals surface area contributed by atoms with Gasteiger partial charge in [-0.15, -0.1) is 12.4 Å². The smallest absolute Gasteiger partial charge is 0.220 e. The topological polar surface area (TPSA) is 41.1 Å². The molecule has 0 spiro atoms. The van der Waals surface area contributed by atoms with Gasteiger partial charge in [0.1, 0.15) is 0 Å². The zero-order valence-electron chi connectivity index (χ0n) is 9.67. The second-order valence-electron chi connectivity index (χ2n) is 5.82. The van der Waals surface area contributed by atoms with E-state index in [9.17, 15) is 4.79 Å². The van der Waals surface area contributed by atoms with Crippen LogP contribution in [-0.4, -0.2) is 25.0 Å². The summed E-state index contributed by atoms with van der Waals surface area (Å²) < 4.78 is 0. The summed E-state index contributed by atoms with van der Waals surface area (Å²) in [6.07, 6.45) is 0.635. The van der Waals surface area contributed by atoms with Crippen LogP contribution in [0.5, 0.6) is 0 Å². The fourth-order valence-corrected chi connectivity index (χ4v) is 2.35. The Morgan fingerprint density at radius 3 is 2.33 bits per heavy atom. The van der Waals surface area contributed by atoms with Crippen molar-refractivity contribution in [2.24, 2.45) is 17.3 Å². The number of rotatable bonds is 2. The van der Waals surface area contributed by atoms with E-state index in [4.69, 9.17) is 0 Å². The third-order valence-corrected chi connectivity index (χ3v) is 3.11. The first-order valence-corrected chi connectivity index (χ1v) is 5.47. The van der Waals surface area contributed by atoms with Crippen LogP contribution >= 0.6 is 12.4 Å². The Morgan fingerprint density at radius 2 is 1.87 bits per heavy atom. The van der Waals surface area contributed by atoms with Crippen LogP contribution in [0, 0.1) is 17.3 Å². The Labute approximate surface area is 97.8 Å². The second-order valence-corrected chi connectivity index (χ2v) is 5.82. The van der Waals surface area contributed by atoms with Crippen molar-refractivity contribution >= 4 is 18.3 Å². The molecule has 88 valence electrons. The summed E-state index contributed by atoms with van der Waals surface area (Å²) in [5.74, 6) is 1.66. The maximum atomic E-state index is 11.6. The first-order valence-electron chi connectivity index (χ1n) is 5.47. The summed E-state index contributed by atoms with van der Waals surface area (Å²) in [4.78, 5) is 11.6. The SMILES string of the molecule is CC(C)(C)CC(=O)NC1[C@H]2CNC[C@@H]12.Cl. The van der Waals surface area contributed by atoms with Crippen molar-refractivity contribution < 1.29 is 4.79 Å². The molecule has 1 aliphatic carbocycles. The molecule has 3 nitrogen and oxygen atoms in total. The van der Waals surface area contributed by atoms with Crippen molar-refractivity contribution in [2.45, 2.75) is 33.2 Å². The van der Waals surface area contributed by atoms with Gasteiger partial charge in [0.05, 0.1) is 0 Å². The highest BCUT2D eigenvalue weighted by molar-refractivity contribution is 5.85. The largest absolute Gasteiger partial charge is 0.353 e. The summed E-state index contributed by atoms with van der Waals surface area (Å²) in [5.41, 5.74) is 0.104. The Morgan fingerprint density at radius 1 is 1.33 bits per heavy atom. The highest BCUT2D eigenvalue weighted by Crippen LogP contribution is 2.41. The predicted octanol–water partition coefficient (Wildman–Crippen LogP) is 1.18. The second kappa shape index (κ2) is 4.30. The molecule has 3 atom stereocenters. The summed E-state index contributed by atoms with van der Waals surface area (Å²) >= 11 is 0. The minimum absolute atomic E-state index is 0. The van der Waals surface area contributed by atoms with E-state index < -0.39 is 0 Å². The third kappa shape index (κ3) is 3.08. The van der Waals surface area contributed by atoms with Crippen molar-refractivity contribution in [2.75, 3.05) is 13.1 Å². The molecular weight excluding hydrogens is 212 g/mol. The van der Waals surface area contributed by atoms with E-state index >= 15 is 0 Å². The Balaban J connectivity index is 0.00000112.